The summed E-state index contributed by atoms with van der Waals surface area (Å²) in [7, 11) is 0. The number of aromatic nitrogens is 2. The molecule has 22 heavy (non-hydrogen) atoms. The van der Waals surface area contributed by atoms with Crippen LogP contribution in [0.2, 0.25) is 0 Å². The lowest BCUT2D eigenvalue weighted by molar-refractivity contribution is 0.866. The predicted octanol–water partition coefficient (Wildman–Crippen LogP) is 4.95. The molecule has 0 spiro atoms. The Hall–Kier alpha value is -2.34. The Morgan fingerprint density at radius 2 is 1.82 bits per heavy atom. The average Bonchev–Trinajstić information content (AvgIpc) is 2.98. The van der Waals surface area contributed by atoms with Gasteiger partial charge in [0.2, 0.25) is 5.13 Å². The summed E-state index contributed by atoms with van der Waals surface area (Å²) in [5, 5.41) is 9.13. The third-order valence-corrected chi connectivity index (χ3v) is 4.30. The molecule has 1 aromatic carbocycles. The van der Waals surface area contributed by atoms with Gasteiger partial charge in [-0.1, -0.05) is 11.3 Å². The van der Waals surface area contributed by atoms with E-state index in [0.717, 1.165) is 29.0 Å². The first-order valence-corrected chi connectivity index (χ1v) is 8.09. The van der Waals surface area contributed by atoms with Crippen LogP contribution >= 0.6 is 11.3 Å². The van der Waals surface area contributed by atoms with E-state index in [-0.39, 0.29) is 0 Å². The van der Waals surface area contributed by atoms with Gasteiger partial charge in [-0.05, 0) is 44.2 Å². The fourth-order valence-electron chi connectivity index (χ4n) is 2.23. The molecule has 2 heterocycles. The Kier molecular flexibility index (Phi) is 4.39. The highest BCUT2D eigenvalue weighted by Gasteiger charge is 2.03. The lowest BCUT2D eigenvalue weighted by atomic mass is 10.2. The van der Waals surface area contributed by atoms with Crippen LogP contribution in [-0.4, -0.2) is 23.1 Å². The van der Waals surface area contributed by atoms with Gasteiger partial charge >= 0.3 is 0 Å². The van der Waals surface area contributed by atoms with Crippen LogP contribution in [0.3, 0.4) is 0 Å². The Bertz CT molecular complexity index is 742. The molecule has 0 aliphatic heterocycles. The maximum absolute atomic E-state index is 4.41. The molecule has 2 aromatic heterocycles. The summed E-state index contributed by atoms with van der Waals surface area (Å²) in [5.41, 5.74) is 2.94. The van der Waals surface area contributed by atoms with Crippen LogP contribution < -0.4 is 4.90 Å². The van der Waals surface area contributed by atoms with Crippen molar-refractivity contribution in [3.8, 4) is 0 Å². The van der Waals surface area contributed by atoms with E-state index in [9.17, 15) is 0 Å². The second kappa shape index (κ2) is 6.62. The Balaban J connectivity index is 1.77. The van der Waals surface area contributed by atoms with E-state index in [2.05, 4.69) is 51.1 Å². The van der Waals surface area contributed by atoms with Gasteiger partial charge in [0, 0.05) is 31.2 Å². The summed E-state index contributed by atoms with van der Waals surface area (Å²) >= 11 is 1.49. The summed E-state index contributed by atoms with van der Waals surface area (Å²) in [6, 6.07) is 9.98. The lowest BCUT2D eigenvalue weighted by Gasteiger charge is -2.20. The standard InChI is InChI=1S/C16H17N5S/c1-3-21(4-2)13-7-5-12(6-8-13)19-20-16-18-14-9-10-17-11-15(14)22-16/h5-11H,3-4H2,1-2H3. The van der Waals surface area contributed by atoms with E-state index in [1.54, 1.807) is 12.4 Å². The number of nitrogens with zero attached hydrogens (tertiary/aromatic N) is 5. The van der Waals surface area contributed by atoms with Crippen LogP contribution in [0.15, 0.2) is 53.0 Å². The molecule has 5 nitrogen and oxygen atoms in total. The largest absolute Gasteiger partial charge is 0.372 e. The topological polar surface area (TPSA) is 53.7 Å². The number of anilines is 1. The number of azo groups is 1. The molecule has 0 atom stereocenters. The van der Waals surface area contributed by atoms with Crippen molar-refractivity contribution in [2.45, 2.75) is 13.8 Å². The first-order chi connectivity index (χ1) is 10.8. The first-order valence-electron chi connectivity index (χ1n) is 7.27. The van der Waals surface area contributed by atoms with Crippen LogP contribution in [0, 0.1) is 0 Å². The van der Waals surface area contributed by atoms with Crippen molar-refractivity contribution < 1.29 is 0 Å². The van der Waals surface area contributed by atoms with Gasteiger partial charge in [0.05, 0.1) is 15.9 Å². The van der Waals surface area contributed by atoms with Crippen molar-refractivity contribution in [2.24, 2.45) is 10.2 Å². The molecule has 3 rings (SSSR count). The minimum atomic E-state index is 0.649. The second-order valence-corrected chi connectivity index (χ2v) is 5.74. The Morgan fingerprint density at radius 1 is 1.05 bits per heavy atom. The van der Waals surface area contributed by atoms with Crippen molar-refractivity contribution in [1.29, 1.82) is 0 Å². The summed E-state index contributed by atoms with van der Waals surface area (Å²) < 4.78 is 1.02. The zero-order chi connectivity index (χ0) is 15.4. The molecule has 3 aromatic rings. The first kappa shape index (κ1) is 14.6. The van der Waals surface area contributed by atoms with E-state index >= 15 is 0 Å². The molecule has 112 valence electrons. The van der Waals surface area contributed by atoms with Crippen LogP contribution in [0.25, 0.3) is 10.2 Å². The highest BCUT2D eigenvalue weighted by molar-refractivity contribution is 7.21. The number of hydrogen-bond acceptors (Lipinski definition) is 6. The fraction of sp³-hybridized carbons (Fsp3) is 0.250. The Morgan fingerprint density at radius 3 is 2.50 bits per heavy atom. The normalized spacial score (nSPS) is 11.4. The minimum absolute atomic E-state index is 0.649. The molecule has 0 saturated carbocycles. The number of benzene rings is 1. The van der Waals surface area contributed by atoms with Crippen molar-refractivity contribution in [3.05, 3.63) is 42.7 Å². The van der Waals surface area contributed by atoms with Crippen molar-refractivity contribution >= 4 is 38.1 Å². The van der Waals surface area contributed by atoms with Gasteiger partial charge in [0.15, 0.2) is 0 Å². The zero-order valence-corrected chi connectivity index (χ0v) is 13.4. The molecule has 0 aliphatic rings. The summed E-state index contributed by atoms with van der Waals surface area (Å²) in [6.45, 7) is 6.30. The molecule has 0 radical (unpaired) electrons. The van der Waals surface area contributed by atoms with Gasteiger partial charge in [-0.15, -0.1) is 10.2 Å². The fourth-order valence-corrected chi connectivity index (χ4v) is 2.98. The van der Waals surface area contributed by atoms with Crippen LogP contribution in [0.4, 0.5) is 16.5 Å². The van der Waals surface area contributed by atoms with E-state index in [1.165, 1.54) is 17.0 Å². The molecule has 0 bridgehead atoms. The third kappa shape index (κ3) is 3.12. The van der Waals surface area contributed by atoms with Crippen molar-refractivity contribution in [1.82, 2.24) is 9.97 Å². The Labute approximate surface area is 133 Å². The molecule has 0 amide bonds. The van der Waals surface area contributed by atoms with Gasteiger partial charge in [-0.25, -0.2) is 4.98 Å². The summed E-state index contributed by atoms with van der Waals surface area (Å²) in [5.74, 6) is 0. The van der Waals surface area contributed by atoms with Gasteiger partial charge < -0.3 is 4.90 Å². The van der Waals surface area contributed by atoms with E-state index in [0.29, 0.717) is 5.13 Å². The molecule has 0 aliphatic carbocycles. The molecular formula is C16H17N5S. The molecule has 0 fully saturated rings. The molecule has 6 heteroatoms. The highest BCUT2D eigenvalue weighted by Crippen LogP contribution is 2.29. The van der Waals surface area contributed by atoms with Crippen LogP contribution in [0.1, 0.15) is 13.8 Å². The maximum Gasteiger partial charge on any atom is 0.231 e. The smallest absolute Gasteiger partial charge is 0.231 e. The number of thiazole rings is 1. The van der Waals surface area contributed by atoms with Gasteiger partial charge in [0.25, 0.3) is 0 Å². The number of hydrogen-bond donors (Lipinski definition) is 0. The monoisotopic (exact) mass is 311 g/mol. The van der Waals surface area contributed by atoms with Crippen LogP contribution in [-0.2, 0) is 0 Å². The number of rotatable bonds is 5. The predicted molar refractivity (Wildman–Crippen MR) is 91.6 cm³/mol. The van der Waals surface area contributed by atoms with Gasteiger partial charge in [-0.3, -0.25) is 4.98 Å². The van der Waals surface area contributed by atoms with E-state index in [1.807, 2.05) is 18.2 Å². The average molecular weight is 311 g/mol. The van der Waals surface area contributed by atoms with E-state index in [4.69, 9.17) is 0 Å². The lowest BCUT2D eigenvalue weighted by Crippen LogP contribution is -2.21. The number of fused-ring (bicyclic) bond motifs is 1. The minimum Gasteiger partial charge on any atom is -0.372 e. The second-order valence-electron chi connectivity index (χ2n) is 4.73. The highest BCUT2D eigenvalue weighted by atomic mass is 32.1. The maximum atomic E-state index is 4.41. The molecule has 0 saturated heterocycles. The summed E-state index contributed by atoms with van der Waals surface area (Å²) in [6.07, 6.45) is 3.53. The van der Waals surface area contributed by atoms with E-state index < -0.39 is 0 Å². The molecule has 0 unspecified atom stereocenters. The zero-order valence-electron chi connectivity index (χ0n) is 12.6. The number of pyridine rings is 1. The van der Waals surface area contributed by atoms with Gasteiger partial charge in [-0.2, -0.15) is 0 Å². The SMILES string of the molecule is CCN(CC)c1ccc(N=Nc2nc3ccncc3s2)cc1. The van der Waals surface area contributed by atoms with Crippen molar-refractivity contribution in [2.75, 3.05) is 18.0 Å². The molecule has 0 N–H and O–H groups in total. The van der Waals surface area contributed by atoms with Crippen LogP contribution in [0.5, 0.6) is 0 Å². The molecular weight excluding hydrogens is 294 g/mol. The van der Waals surface area contributed by atoms with Gasteiger partial charge in [0.1, 0.15) is 0 Å². The quantitative estimate of drug-likeness (QED) is 0.626. The third-order valence-electron chi connectivity index (χ3n) is 3.41. The van der Waals surface area contributed by atoms with Crippen molar-refractivity contribution in [3.63, 3.8) is 0 Å². The summed E-state index contributed by atoms with van der Waals surface area (Å²) in [4.78, 5) is 10.8.